The molecule has 1 aromatic rings. The lowest BCUT2D eigenvalue weighted by Gasteiger charge is -2.05. The van der Waals surface area contributed by atoms with E-state index < -0.39 is 10.1 Å². The molecule has 0 saturated carbocycles. The second-order valence-corrected chi connectivity index (χ2v) is 6.04. The molecule has 0 heterocycles. The molecule has 0 bridgehead atoms. The Morgan fingerprint density at radius 1 is 1.21 bits per heavy atom. The normalized spacial score (nSPS) is 10.3. The molecule has 19 heavy (non-hydrogen) atoms. The lowest BCUT2D eigenvalue weighted by atomic mass is 10.2. The fraction of sp³-hybridized carbons (Fsp3) is 0.417. The summed E-state index contributed by atoms with van der Waals surface area (Å²) in [5, 5.41) is 0.741. The highest BCUT2D eigenvalue weighted by Gasteiger charge is 2.03. The Labute approximate surface area is 119 Å². The number of hydrogen-bond donors (Lipinski definition) is 0. The predicted octanol–water partition coefficient (Wildman–Crippen LogP) is 1.31. The van der Waals surface area contributed by atoms with Gasteiger partial charge in [0.25, 0.3) is 0 Å². The molecule has 108 valence electrons. The van der Waals surface area contributed by atoms with Crippen LogP contribution in [0.3, 0.4) is 0 Å². The molecule has 0 amide bonds. The van der Waals surface area contributed by atoms with Gasteiger partial charge < -0.3 is 4.55 Å². The van der Waals surface area contributed by atoms with Crippen molar-refractivity contribution in [3.05, 3.63) is 29.8 Å². The lowest BCUT2D eigenvalue weighted by molar-refractivity contribution is -0.466. The molecule has 0 aliphatic heterocycles. The van der Waals surface area contributed by atoms with Crippen LogP contribution in [-0.2, 0) is 10.1 Å². The van der Waals surface area contributed by atoms with Gasteiger partial charge in [-0.3, -0.25) is 9.48 Å². The largest absolute Gasteiger partial charge is 0.744 e. The highest BCUT2D eigenvalue weighted by Crippen LogP contribution is 2.08. The van der Waals surface area contributed by atoms with E-state index in [1.807, 2.05) is 44.6 Å². The summed E-state index contributed by atoms with van der Waals surface area (Å²) in [6, 6.07) is 5.78. The van der Waals surface area contributed by atoms with Gasteiger partial charge in [-0.25, -0.2) is 8.42 Å². The molecule has 0 aliphatic rings. The molecule has 0 saturated heterocycles. The number of halogens is 1. The third-order valence-electron chi connectivity index (χ3n) is 2.05. The van der Waals surface area contributed by atoms with Crippen LogP contribution < -0.4 is 0 Å². The van der Waals surface area contributed by atoms with Crippen molar-refractivity contribution >= 4 is 27.0 Å². The molecule has 0 radical (unpaired) electrons. The Kier molecular flexibility index (Phi) is 7.04. The average Bonchev–Trinajstić information content (AvgIpc) is 2.27. The quantitative estimate of drug-likeness (QED) is 0.258. The van der Waals surface area contributed by atoms with Crippen LogP contribution in [0.5, 0.6) is 0 Å². The van der Waals surface area contributed by atoms with Gasteiger partial charge in [0, 0.05) is 11.6 Å². The molecule has 0 aliphatic carbocycles. The van der Waals surface area contributed by atoms with Gasteiger partial charge in [0.05, 0.1) is 33.1 Å². The maximum absolute atomic E-state index is 10.4. The predicted molar refractivity (Wildman–Crippen MR) is 75.8 cm³/mol. The van der Waals surface area contributed by atoms with Crippen LogP contribution in [0.1, 0.15) is 5.56 Å². The van der Waals surface area contributed by atoms with E-state index in [9.17, 15) is 13.0 Å². The Balaban J connectivity index is 0.000000362. The summed E-state index contributed by atoms with van der Waals surface area (Å²) >= 11 is 5.72. The van der Waals surface area contributed by atoms with Crippen LogP contribution >= 0.6 is 11.6 Å². The first-order chi connectivity index (χ1) is 8.55. The van der Waals surface area contributed by atoms with Gasteiger partial charge in [-0.05, 0) is 19.1 Å². The van der Waals surface area contributed by atoms with Crippen molar-refractivity contribution in [2.45, 2.75) is 11.8 Å². The first-order valence-electron chi connectivity index (χ1n) is 5.45. The maximum Gasteiger partial charge on any atom is 0.344 e. The fourth-order valence-corrected chi connectivity index (χ4v) is 1.57. The Bertz CT molecular complexity index is 533. The smallest absolute Gasteiger partial charge is 0.344 e. The minimum atomic E-state index is -4.27. The van der Waals surface area contributed by atoms with Gasteiger partial charge in [-0.15, -0.1) is 0 Å². The third kappa shape index (κ3) is 7.15. The molecule has 0 N–H and O–H groups in total. The van der Waals surface area contributed by atoms with Crippen molar-refractivity contribution < 1.29 is 17.5 Å². The molecule has 0 fully saturated rings. The number of aryl methyl sites for hydroxylation is 1. The van der Waals surface area contributed by atoms with Crippen molar-refractivity contribution in [3.63, 3.8) is 0 Å². The van der Waals surface area contributed by atoms with Crippen molar-refractivity contribution in [2.24, 2.45) is 0 Å². The highest BCUT2D eigenvalue weighted by atomic mass is 35.5. The van der Waals surface area contributed by atoms with Gasteiger partial charge in [0.15, 0.2) is 0 Å². The summed E-state index contributed by atoms with van der Waals surface area (Å²) in [7, 11) is 3.35. The van der Waals surface area contributed by atoms with E-state index in [2.05, 4.69) is 0 Å². The van der Waals surface area contributed by atoms with E-state index in [0.717, 1.165) is 10.9 Å². The van der Waals surface area contributed by atoms with Crippen LogP contribution in [0.25, 0.3) is 0 Å². The maximum atomic E-state index is 10.4. The first-order valence-corrected chi connectivity index (χ1v) is 7.24. The summed E-state index contributed by atoms with van der Waals surface area (Å²) in [6.45, 7) is 1.82. The zero-order valence-corrected chi connectivity index (χ0v) is 13.3. The average molecular weight is 307 g/mol. The zero-order chi connectivity index (χ0) is 15.2. The van der Waals surface area contributed by atoms with Crippen molar-refractivity contribution in [2.75, 3.05) is 28.2 Å². The summed E-state index contributed by atoms with van der Waals surface area (Å²) in [6.07, 6.45) is 0. The second-order valence-electron chi connectivity index (χ2n) is 4.33. The molecule has 0 atom stereocenters. The summed E-state index contributed by atoms with van der Waals surface area (Å²) in [4.78, 5) is 1.67. The van der Waals surface area contributed by atoms with E-state index in [4.69, 9.17) is 11.6 Å². The van der Waals surface area contributed by atoms with E-state index in [1.54, 1.807) is 12.1 Å². The van der Waals surface area contributed by atoms with Crippen LogP contribution in [-0.4, -0.2) is 55.9 Å². The number of hydrogen-bond acceptors (Lipinski definition) is 3. The zero-order valence-electron chi connectivity index (χ0n) is 11.7. The van der Waals surface area contributed by atoms with Crippen LogP contribution in [0.4, 0.5) is 0 Å². The van der Waals surface area contributed by atoms with E-state index in [-0.39, 0.29) is 4.90 Å². The van der Waals surface area contributed by atoms with Gasteiger partial charge in [0.2, 0.25) is 0 Å². The van der Waals surface area contributed by atoms with Crippen molar-refractivity contribution in [3.8, 4) is 0 Å². The number of benzene rings is 1. The monoisotopic (exact) mass is 306 g/mol. The Morgan fingerprint density at radius 2 is 1.63 bits per heavy atom. The Hall–Kier alpha value is -1.11. The number of rotatable bonds is 1. The van der Waals surface area contributed by atoms with Gasteiger partial charge in [-0.1, -0.05) is 17.7 Å². The third-order valence-corrected chi connectivity index (χ3v) is 3.57. The highest BCUT2D eigenvalue weighted by molar-refractivity contribution is 7.85. The molecule has 5 nitrogen and oxygen atoms in total. The minimum Gasteiger partial charge on any atom is -0.744 e. The van der Waals surface area contributed by atoms with E-state index in [1.165, 1.54) is 12.1 Å². The van der Waals surface area contributed by atoms with E-state index in [0.29, 0.717) is 0 Å². The molecule has 0 unspecified atom stereocenters. The minimum absolute atomic E-state index is 0.178. The second kappa shape index (κ2) is 7.47. The van der Waals surface area contributed by atoms with E-state index >= 15 is 0 Å². The van der Waals surface area contributed by atoms with Crippen LogP contribution in [0.2, 0.25) is 0 Å². The summed E-state index contributed by atoms with van der Waals surface area (Å²) < 4.78 is 33.0. The van der Waals surface area contributed by atoms with Gasteiger partial charge >= 0.3 is 5.29 Å². The first kappa shape index (κ1) is 17.9. The number of amidine groups is 1. The molecule has 1 rings (SSSR count). The molecule has 0 spiro atoms. The van der Waals surface area contributed by atoms with Crippen LogP contribution in [0.15, 0.2) is 29.2 Å². The fourth-order valence-electron chi connectivity index (χ4n) is 1.10. The SMILES string of the molecule is CN(C)C(Cl)=[N+](C)C.Cc1ccc(S(=O)(=O)[O-])cc1. The molecule has 7 heteroatoms. The lowest BCUT2D eigenvalue weighted by Crippen LogP contribution is -2.24. The number of nitrogens with zero attached hydrogens (tertiary/aromatic N) is 2. The Morgan fingerprint density at radius 3 is 1.84 bits per heavy atom. The summed E-state index contributed by atoms with van der Waals surface area (Å²) in [5.74, 6) is 0. The van der Waals surface area contributed by atoms with Gasteiger partial charge in [0.1, 0.15) is 10.1 Å². The van der Waals surface area contributed by atoms with Crippen molar-refractivity contribution in [1.29, 1.82) is 0 Å². The molecule has 1 aromatic carbocycles. The molecule has 0 aromatic heterocycles. The molecular formula is C12H19ClN2O3S. The van der Waals surface area contributed by atoms with Gasteiger partial charge in [-0.2, -0.15) is 0 Å². The molecular weight excluding hydrogens is 288 g/mol. The standard InChI is InChI=1S/C7H8O3S.C5H12ClN2/c1-6-2-4-7(5-3-6)11(8,9)10;1-7(2)5(6)8(3)4/h2-5H,1H3,(H,8,9,10);1-4H3/q;+1/p-1. The topological polar surface area (TPSA) is 63.5 Å². The van der Waals surface area contributed by atoms with Crippen LogP contribution in [0, 0.1) is 6.92 Å². The summed E-state index contributed by atoms with van der Waals surface area (Å²) in [5.41, 5.74) is 0.928. The van der Waals surface area contributed by atoms with Crippen molar-refractivity contribution in [1.82, 2.24) is 4.90 Å².